The van der Waals surface area contributed by atoms with Crippen LogP contribution in [0.5, 0.6) is 23.5 Å². The fourth-order valence-corrected chi connectivity index (χ4v) is 2.82. The van der Waals surface area contributed by atoms with Gasteiger partial charge in [-0.15, -0.1) is 0 Å². The van der Waals surface area contributed by atoms with Crippen molar-refractivity contribution in [3.8, 4) is 23.5 Å². The Morgan fingerprint density at radius 3 is 1.46 bits per heavy atom. The molecular weight excluding hydrogens is 308 g/mol. The first-order valence-electron chi connectivity index (χ1n) is 7.60. The molecule has 0 spiro atoms. The van der Waals surface area contributed by atoms with E-state index in [1.165, 1.54) is 21.3 Å². The van der Waals surface area contributed by atoms with Crippen LogP contribution in [0, 0.1) is 13.8 Å². The van der Waals surface area contributed by atoms with Crippen LogP contribution in [0.4, 0.5) is 0 Å². The van der Waals surface area contributed by atoms with Crippen LogP contribution < -0.4 is 0 Å². The lowest BCUT2D eigenvalue weighted by atomic mass is 10.1. The van der Waals surface area contributed by atoms with Crippen LogP contribution in [0.2, 0.25) is 0 Å². The zero-order chi connectivity index (χ0) is 17.4. The summed E-state index contributed by atoms with van der Waals surface area (Å²) in [6.07, 6.45) is 0. The average molecular weight is 328 g/mol. The van der Waals surface area contributed by atoms with Crippen LogP contribution in [0.3, 0.4) is 0 Å². The van der Waals surface area contributed by atoms with Gasteiger partial charge in [0.15, 0.2) is 23.5 Å². The molecule has 6 heteroatoms. The molecule has 0 saturated heterocycles. The van der Waals surface area contributed by atoms with Crippen molar-refractivity contribution in [3.05, 3.63) is 58.7 Å². The van der Waals surface area contributed by atoms with Gasteiger partial charge in [0, 0.05) is 23.3 Å². The third kappa shape index (κ3) is 2.78. The lowest BCUT2D eigenvalue weighted by Gasteiger charge is -2.11. The molecule has 3 aromatic rings. The van der Waals surface area contributed by atoms with Crippen LogP contribution >= 0.6 is 0 Å². The molecule has 0 amide bonds. The largest absolute Gasteiger partial charge is 0.494 e. The van der Waals surface area contributed by atoms with Gasteiger partial charge in [0.1, 0.15) is 0 Å². The number of rotatable bonds is 4. The Balaban J connectivity index is 1.87. The molecule has 6 nitrogen and oxygen atoms in total. The van der Waals surface area contributed by atoms with E-state index in [1.54, 1.807) is 13.8 Å². The average Bonchev–Trinajstić information content (AvgIpc) is 2.91. The Morgan fingerprint density at radius 1 is 0.708 bits per heavy atom. The lowest BCUT2D eigenvalue weighted by molar-refractivity contribution is 0.375. The SMILES string of the molecule is Cc1cc(O)n(Cc2cccc(Cn3c(O)cc(C)c3O)c2)c1O. The van der Waals surface area contributed by atoms with Crippen LogP contribution in [0.1, 0.15) is 22.3 Å². The summed E-state index contributed by atoms with van der Waals surface area (Å²) >= 11 is 0. The second kappa shape index (κ2) is 5.88. The number of hydrogen-bond donors (Lipinski definition) is 4. The fourth-order valence-electron chi connectivity index (χ4n) is 2.82. The Hall–Kier alpha value is -3.02. The molecule has 0 bridgehead atoms. The van der Waals surface area contributed by atoms with Gasteiger partial charge in [-0.2, -0.15) is 0 Å². The normalized spacial score (nSPS) is 11.1. The van der Waals surface area contributed by atoms with Gasteiger partial charge >= 0.3 is 0 Å². The molecule has 0 atom stereocenters. The maximum atomic E-state index is 9.99. The zero-order valence-electron chi connectivity index (χ0n) is 13.6. The van der Waals surface area contributed by atoms with E-state index >= 15 is 0 Å². The van der Waals surface area contributed by atoms with Gasteiger partial charge < -0.3 is 20.4 Å². The van der Waals surface area contributed by atoms with E-state index in [0.717, 1.165) is 11.1 Å². The summed E-state index contributed by atoms with van der Waals surface area (Å²) in [6.45, 7) is 4.09. The number of benzene rings is 1. The molecule has 0 unspecified atom stereocenters. The van der Waals surface area contributed by atoms with E-state index in [9.17, 15) is 20.4 Å². The van der Waals surface area contributed by atoms with Gasteiger partial charge in [-0.1, -0.05) is 24.3 Å². The summed E-state index contributed by atoms with van der Waals surface area (Å²) in [4.78, 5) is 0. The minimum atomic E-state index is 0.00623. The Bertz CT molecular complexity index is 823. The summed E-state index contributed by atoms with van der Waals surface area (Å²) in [7, 11) is 0. The maximum Gasteiger partial charge on any atom is 0.197 e. The van der Waals surface area contributed by atoms with Crippen molar-refractivity contribution >= 4 is 0 Å². The summed E-state index contributed by atoms with van der Waals surface area (Å²) in [5.41, 5.74) is 3.00. The third-order valence-corrected chi connectivity index (χ3v) is 4.13. The first kappa shape index (κ1) is 15.9. The topological polar surface area (TPSA) is 90.8 Å². The van der Waals surface area contributed by atoms with E-state index in [4.69, 9.17) is 0 Å². The van der Waals surface area contributed by atoms with E-state index in [2.05, 4.69) is 0 Å². The molecule has 0 radical (unpaired) electrons. The van der Waals surface area contributed by atoms with Crippen molar-refractivity contribution in [3.63, 3.8) is 0 Å². The van der Waals surface area contributed by atoms with Gasteiger partial charge in [0.05, 0.1) is 13.1 Å². The highest BCUT2D eigenvalue weighted by Gasteiger charge is 2.13. The minimum absolute atomic E-state index is 0.00623. The third-order valence-electron chi connectivity index (χ3n) is 4.13. The summed E-state index contributed by atoms with van der Waals surface area (Å²) in [6, 6.07) is 10.6. The molecule has 2 aromatic heterocycles. The summed E-state index contributed by atoms with van der Waals surface area (Å²) in [5, 5.41) is 39.8. The van der Waals surface area contributed by atoms with Gasteiger partial charge in [0.2, 0.25) is 0 Å². The highest BCUT2D eigenvalue weighted by molar-refractivity contribution is 5.37. The predicted molar refractivity (Wildman–Crippen MR) is 89.6 cm³/mol. The Morgan fingerprint density at radius 2 is 1.12 bits per heavy atom. The number of nitrogens with zero attached hydrogens (tertiary/aromatic N) is 2. The molecule has 24 heavy (non-hydrogen) atoms. The monoisotopic (exact) mass is 328 g/mol. The van der Waals surface area contributed by atoms with Crippen LogP contribution in [0.15, 0.2) is 36.4 Å². The second-order valence-corrected chi connectivity index (χ2v) is 6.01. The van der Waals surface area contributed by atoms with Crippen LogP contribution in [-0.2, 0) is 13.1 Å². The molecule has 126 valence electrons. The Labute approximate surface area is 139 Å². The molecule has 2 heterocycles. The minimum Gasteiger partial charge on any atom is -0.494 e. The van der Waals surface area contributed by atoms with Crippen molar-refractivity contribution < 1.29 is 20.4 Å². The van der Waals surface area contributed by atoms with E-state index in [1.807, 2.05) is 24.3 Å². The fraction of sp³-hybridized carbons (Fsp3) is 0.222. The van der Waals surface area contributed by atoms with Gasteiger partial charge in [-0.05, 0) is 25.0 Å². The standard InChI is InChI=1S/C18H20N2O4/c1-11-6-15(21)19(17(11)23)9-13-4-3-5-14(8-13)10-20-16(22)7-12(2)18(20)24/h3-8,21-24H,9-10H2,1-2H3. The highest BCUT2D eigenvalue weighted by Crippen LogP contribution is 2.29. The molecule has 3 rings (SSSR count). The first-order valence-corrected chi connectivity index (χ1v) is 7.60. The van der Waals surface area contributed by atoms with E-state index < -0.39 is 0 Å². The van der Waals surface area contributed by atoms with Crippen LogP contribution in [0.25, 0.3) is 0 Å². The van der Waals surface area contributed by atoms with Crippen molar-refractivity contribution in [2.75, 3.05) is 0 Å². The zero-order valence-corrected chi connectivity index (χ0v) is 13.6. The molecule has 0 aliphatic heterocycles. The maximum absolute atomic E-state index is 9.99. The summed E-state index contributed by atoms with van der Waals surface area (Å²) in [5.74, 6) is 0.0851. The van der Waals surface area contributed by atoms with Gasteiger partial charge in [-0.3, -0.25) is 9.13 Å². The van der Waals surface area contributed by atoms with Crippen molar-refractivity contribution in [1.29, 1.82) is 0 Å². The molecule has 0 saturated carbocycles. The van der Waals surface area contributed by atoms with Crippen molar-refractivity contribution in [1.82, 2.24) is 9.13 Å². The lowest BCUT2D eigenvalue weighted by Crippen LogP contribution is -2.02. The number of aromatic nitrogens is 2. The summed E-state index contributed by atoms with van der Waals surface area (Å²) < 4.78 is 2.84. The first-order chi connectivity index (χ1) is 11.4. The van der Waals surface area contributed by atoms with E-state index in [0.29, 0.717) is 24.2 Å². The molecule has 0 aliphatic carbocycles. The van der Waals surface area contributed by atoms with Crippen molar-refractivity contribution in [2.45, 2.75) is 26.9 Å². The highest BCUT2D eigenvalue weighted by atomic mass is 16.3. The van der Waals surface area contributed by atoms with E-state index in [-0.39, 0.29) is 23.5 Å². The number of hydrogen-bond acceptors (Lipinski definition) is 4. The second-order valence-electron chi connectivity index (χ2n) is 6.01. The van der Waals surface area contributed by atoms with Crippen molar-refractivity contribution in [2.24, 2.45) is 0 Å². The predicted octanol–water partition coefficient (Wildman–Crippen LogP) is 2.83. The molecule has 0 aliphatic rings. The van der Waals surface area contributed by atoms with Gasteiger partial charge in [0.25, 0.3) is 0 Å². The van der Waals surface area contributed by atoms with Gasteiger partial charge in [-0.25, -0.2) is 0 Å². The molecule has 4 N–H and O–H groups in total. The van der Waals surface area contributed by atoms with Crippen LogP contribution in [-0.4, -0.2) is 29.6 Å². The Kier molecular flexibility index (Phi) is 3.89. The number of aromatic hydroxyl groups is 4. The molecular formula is C18H20N2O4. The number of aryl methyl sites for hydroxylation is 2. The quantitative estimate of drug-likeness (QED) is 0.593. The smallest absolute Gasteiger partial charge is 0.197 e. The molecule has 1 aromatic carbocycles. The molecule has 0 fully saturated rings.